The number of hydrogen-bond acceptors (Lipinski definition) is 2. The van der Waals surface area contributed by atoms with Gasteiger partial charge in [-0.25, -0.2) is 0 Å². The van der Waals surface area contributed by atoms with E-state index in [-0.39, 0.29) is 0 Å². The molecule has 1 aliphatic rings. The van der Waals surface area contributed by atoms with Gasteiger partial charge >= 0.3 is 0 Å². The zero-order valence-electron chi connectivity index (χ0n) is 12.4. The lowest BCUT2D eigenvalue weighted by atomic mass is 9.98. The first-order chi connectivity index (χ1) is 8.69. The number of nitrogens with one attached hydrogen (secondary N) is 1. The highest BCUT2D eigenvalue weighted by molar-refractivity contribution is 6.21. The fourth-order valence-electron chi connectivity index (χ4n) is 2.98. The molecule has 0 aliphatic carbocycles. The second kappa shape index (κ2) is 9.17. The SMILES string of the molecule is CCC(CC)C(Cl)CNCCC1CCCCN1C. The summed E-state index contributed by atoms with van der Waals surface area (Å²) < 4.78 is 0. The van der Waals surface area contributed by atoms with E-state index in [1.807, 2.05) is 0 Å². The van der Waals surface area contributed by atoms with Crippen LogP contribution in [0.15, 0.2) is 0 Å². The van der Waals surface area contributed by atoms with Gasteiger partial charge in [-0.1, -0.05) is 33.1 Å². The Bertz CT molecular complexity index is 207. The van der Waals surface area contributed by atoms with Gasteiger partial charge in [0.05, 0.1) is 0 Å². The molecule has 0 bridgehead atoms. The molecule has 0 aromatic heterocycles. The van der Waals surface area contributed by atoms with Crippen molar-refractivity contribution in [3.8, 4) is 0 Å². The van der Waals surface area contributed by atoms with Crippen molar-refractivity contribution in [2.24, 2.45) is 5.92 Å². The quantitative estimate of drug-likeness (QED) is 0.538. The van der Waals surface area contributed by atoms with Crippen molar-refractivity contribution in [1.29, 1.82) is 0 Å². The number of halogens is 1. The van der Waals surface area contributed by atoms with Gasteiger partial charge < -0.3 is 10.2 Å². The molecule has 1 rings (SSSR count). The summed E-state index contributed by atoms with van der Waals surface area (Å²) in [7, 11) is 2.26. The first-order valence-corrected chi connectivity index (χ1v) is 8.17. The Morgan fingerprint density at radius 3 is 2.61 bits per heavy atom. The van der Waals surface area contributed by atoms with Gasteiger partial charge in [-0.3, -0.25) is 0 Å². The number of likely N-dealkylation sites (tertiary alicyclic amines) is 1. The van der Waals surface area contributed by atoms with Crippen LogP contribution in [0.5, 0.6) is 0 Å². The molecule has 2 nitrogen and oxygen atoms in total. The van der Waals surface area contributed by atoms with Gasteiger partial charge in [-0.15, -0.1) is 11.6 Å². The summed E-state index contributed by atoms with van der Waals surface area (Å²) in [6.45, 7) is 7.82. The van der Waals surface area contributed by atoms with E-state index >= 15 is 0 Å². The Labute approximate surface area is 118 Å². The minimum atomic E-state index is 0.295. The molecule has 2 atom stereocenters. The molecule has 0 aromatic rings. The predicted octanol–water partition coefficient (Wildman–Crippen LogP) is 3.49. The topological polar surface area (TPSA) is 15.3 Å². The van der Waals surface area contributed by atoms with Crippen molar-refractivity contribution in [3.05, 3.63) is 0 Å². The summed E-state index contributed by atoms with van der Waals surface area (Å²) in [5.41, 5.74) is 0. The van der Waals surface area contributed by atoms with Gasteiger partial charge in [-0.2, -0.15) is 0 Å². The fraction of sp³-hybridized carbons (Fsp3) is 1.00. The van der Waals surface area contributed by atoms with E-state index in [1.165, 1.54) is 45.1 Å². The zero-order valence-corrected chi connectivity index (χ0v) is 13.2. The summed E-state index contributed by atoms with van der Waals surface area (Å²) in [4.78, 5) is 2.52. The maximum Gasteiger partial charge on any atom is 0.0488 e. The molecule has 1 saturated heterocycles. The molecule has 108 valence electrons. The Balaban J connectivity index is 2.10. The second-order valence-electron chi connectivity index (χ2n) is 5.72. The number of nitrogens with zero attached hydrogens (tertiary/aromatic N) is 1. The Morgan fingerprint density at radius 2 is 2.00 bits per heavy atom. The highest BCUT2D eigenvalue weighted by Crippen LogP contribution is 2.19. The van der Waals surface area contributed by atoms with Crippen LogP contribution in [0.2, 0.25) is 0 Å². The van der Waals surface area contributed by atoms with E-state index in [4.69, 9.17) is 11.6 Å². The lowest BCUT2D eigenvalue weighted by Crippen LogP contribution is -2.39. The van der Waals surface area contributed by atoms with Crippen LogP contribution in [-0.4, -0.2) is 43.0 Å². The van der Waals surface area contributed by atoms with E-state index in [0.717, 1.165) is 19.1 Å². The van der Waals surface area contributed by atoms with Gasteiger partial charge in [-0.05, 0) is 45.3 Å². The van der Waals surface area contributed by atoms with Crippen LogP contribution in [0.3, 0.4) is 0 Å². The molecular weight excluding hydrogens is 244 g/mol. The Kier molecular flexibility index (Phi) is 8.28. The lowest BCUT2D eigenvalue weighted by Gasteiger charge is -2.32. The van der Waals surface area contributed by atoms with Crippen LogP contribution in [0.25, 0.3) is 0 Å². The molecule has 0 aromatic carbocycles. The highest BCUT2D eigenvalue weighted by Gasteiger charge is 2.19. The molecule has 0 spiro atoms. The van der Waals surface area contributed by atoms with Crippen LogP contribution in [-0.2, 0) is 0 Å². The van der Waals surface area contributed by atoms with E-state index in [9.17, 15) is 0 Å². The maximum atomic E-state index is 6.42. The second-order valence-corrected chi connectivity index (χ2v) is 6.28. The standard InChI is InChI=1S/C15H31ClN2/c1-4-13(5-2)15(16)12-17-10-9-14-8-6-7-11-18(14)3/h13-15,17H,4-12H2,1-3H3. The number of hydrogen-bond donors (Lipinski definition) is 1. The number of rotatable bonds is 8. The summed E-state index contributed by atoms with van der Waals surface area (Å²) in [6.07, 6.45) is 7.80. The van der Waals surface area contributed by atoms with Gasteiger partial charge in [0.15, 0.2) is 0 Å². The summed E-state index contributed by atoms with van der Waals surface area (Å²) in [5.74, 6) is 0.663. The minimum Gasteiger partial charge on any atom is -0.315 e. The van der Waals surface area contributed by atoms with Crippen molar-refractivity contribution in [1.82, 2.24) is 10.2 Å². The summed E-state index contributed by atoms with van der Waals surface area (Å²) in [6, 6.07) is 0.785. The van der Waals surface area contributed by atoms with Crippen LogP contribution in [0.1, 0.15) is 52.4 Å². The van der Waals surface area contributed by atoms with E-state index in [1.54, 1.807) is 0 Å². The van der Waals surface area contributed by atoms with Crippen LogP contribution >= 0.6 is 11.6 Å². The third kappa shape index (κ3) is 5.46. The first kappa shape index (κ1) is 16.3. The van der Waals surface area contributed by atoms with Crippen LogP contribution in [0, 0.1) is 5.92 Å². The molecule has 1 N–H and O–H groups in total. The molecule has 0 radical (unpaired) electrons. The van der Waals surface area contributed by atoms with Gasteiger partial charge in [0, 0.05) is 18.0 Å². The number of alkyl halides is 1. The lowest BCUT2D eigenvalue weighted by molar-refractivity contribution is 0.175. The molecule has 3 heteroatoms. The molecule has 2 unspecified atom stereocenters. The van der Waals surface area contributed by atoms with Crippen LogP contribution < -0.4 is 5.32 Å². The maximum absolute atomic E-state index is 6.42. The molecule has 0 amide bonds. The Hall–Kier alpha value is 0.210. The molecule has 18 heavy (non-hydrogen) atoms. The first-order valence-electron chi connectivity index (χ1n) is 7.74. The van der Waals surface area contributed by atoms with E-state index in [0.29, 0.717) is 11.3 Å². The zero-order chi connectivity index (χ0) is 13.4. The molecule has 1 heterocycles. The summed E-state index contributed by atoms with van der Waals surface area (Å²) >= 11 is 6.42. The third-order valence-electron chi connectivity index (χ3n) is 4.48. The third-order valence-corrected chi connectivity index (χ3v) is 4.99. The highest BCUT2D eigenvalue weighted by atomic mass is 35.5. The average Bonchev–Trinajstić information content (AvgIpc) is 2.38. The smallest absolute Gasteiger partial charge is 0.0488 e. The van der Waals surface area contributed by atoms with E-state index in [2.05, 4.69) is 31.1 Å². The minimum absolute atomic E-state index is 0.295. The van der Waals surface area contributed by atoms with Gasteiger partial charge in [0.25, 0.3) is 0 Å². The van der Waals surface area contributed by atoms with Crippen molar-refractivity contribution in [2.75, 3.05) is 26.7 Å². The monoisotopic (exact) mass is 274 g/mol. The van der Waals surface area contributed by atoms with Gasteiger partial charge in [0.1, 0.15) is 0 Å². The summed E-state index contributed by atoms with van der Waals surface area (Å²) in [5, 5.41) is 3.84. The van der Waals surface area contributed by atoms with Gasteiger partial charge in [0.2, 0.25) is 0 Å². The molecule has 1 fully saturated rings. The van der Waals surface area contributed by atoms with Crippen molar-refractivity contribution in [2.45, 2.75) is 63.8 Å². The van der Waals surface area contributed by atoms with Crippen molar-refractivity contribution >= 4 is 11.6 Å². The normalized spacial score (nSPS) is 23.5. The predicted molar refractivity (Wildman–Crippen MR) is 81.5 cm³/mol. The van der Waals surface area contributed by atoms with Crippen molar-refractivity contribution in [3.63, 3.8) is 0 Å². The largest absolute Gasteiger partial charge is 0.315 e. The Morgan fingerprint density at radius 1 is 1.28 bits per heavy atom. The number of piperidine rings is 1. The fourth-order valence-corrected chi connectivity index (χ4v) is 3.45. The van der Waals surface area contributed by atoms with Crippen LogP contribution in [0.4, 0.5) is 0 Å². The molecular formula is C15H31ClN2. The molecule has 1 aliphatic heterocycles. The van der Waals surface area contributed by atoms with E-state index < -0.39 is 0 Å². The molecule has 0 saturated carbocycles. The average molecular weight is 275 g/mol. The van der Waals surface area contributed by atoms with Crippen molar-refractivity contribution < 1.29 is 0 Å².